The Labute approximate surface area is 81.3 Å². The first-order valence-electron chi connectivity index (χ1n) is 3.93. The SMILES string of the molecule is CSCC(=O)c1ccc(C)cc1F. The lowest BCUT2D eigenvalue weighted by Crippen LogP contribution is -2.04. The topological polar surface area (TPSA) is 17.1 Å². The first kappa shape index (κ1) is 10.3. The minimum atomic E-state index is -0.418. The molecule has 70 valence electrons. The Bertz CT molecular complexity index is 323. The molecule has 0 unspecified atom stereocenters. The molecule has 1 aromatic carbocycles. The van der Waals surface area contributed by atoms with Crippen molar-refractivity contribution < 1.29 is 9.18 Å². The maximum Gasteiger partial charge on any atom is 0.175 e. The summed E-state index contributed by atoms with van der Waals surface area (Å²) in [6.45, 7) is 1.80. The van der Waals surface area contributed by atoms with E-state index in [0.29, 0.717) is 5.75 Å². The van der Waals surface area contributed by atoms with E-state index in [9.17, 15) is 9.18 Å². The normalized spacial score (nSPS) is 10.1. The van der Waals surface area contributed by atoms with E-state index in [1.807, 2.05) is 6.26 Å². The Morgan fingerprint density at radius 1 is 1.54 bits per heavy atom. The molecular formula is C10H11FOS. The lowest BCUT2D eigenvalue weighted by Gasteiger charge is -2.01. The van der Waals surface area contributed by atoms with Crippen molar-refractivity contribution >= 4 is 17.5 Å². The molecule has 0 bridgehead atoms. The van der Waals surface area contributed by atoms with Crippen LogP contribution in [0.1, 0.15) is 15.9 Å². The number of aryl methyl sites for hydroxylation is 1. The minimum absolute atomic E-state index is 0.148. The standard InChI is InChI=1S/C10H11FOS/c1-7-3-4-8(9(11)5-7)10(12)6-13-2/h3-5H,6H2,1-2H3. The van der Waals surface area contributed by atoms with Crippen molar-refractivity contribution in [2.75, 3.05) is 12.0 Å². The van der Waals surface area contributed by atoms with Gasteiger partial charge in [-0.15, -0.1) is 0 Å². The van der Waals surface area contributed by atoms with Gasteiger partial charge in [0.1, 0.15) is 5.82 Å². The van der Waals surface area contributed by atoms with Crippen LogP contribution in [0.2, 0.25) is 0 Å². The molecule has 0 fully saturated rings. The first-order valence-corrected chi connectivity index (χ1v) is 5.33. The highest BCUT2D eigenvalue weighted by Crippen LogP contribution is 2.12. The number of halogens is 1. The third-order valence-corrected chi connectivity index (χ3v) is 2.25. The molecule has 0 heterocycles. The summed E-state index contributed by atoms with van der Waals surface area (Å²) in [4.78, 5) is 11.3. The van der Waals surface area contributed by atoms with Crippen LogP contribution >= 0.6 is 11.8 Å². The summed E-state index contributed by atoms with van der Waals surface area (Å²) in [6, 6.07) is 4.67. The monoisotopic (exact) mass is 198 g/mol. The molecule has 0 amide bonds. The van der Waals surface area contributed by atoms with Crippen molar-refractivity contribution in [3.63, 3.8) is 0 Å². The number of ketones is 1. The highest BCUT2D eigenvalue weighted by atomic mass is 32.2. The molecule has 0 atom stereocenters. The number of benzene rings is 1. The lowest BCUT2D eigenvalue weighted by molar-refractivity contribution is 0.101. The average molecular weight is 198 g/mol. The Balaban J connectivity index is 2.95. The summed E-state index contributed by atoms with van der Waals surface area (Å²) < 4.78 is 13.2. The van der Waals surface area contributed by atoms with Crippen LogP contribution in [0, 0.1) is 12.7 Å². The van der Waals surface area contributed by atoms with Crippen molar-refractivity contribution in [3.05, 3.63) is 35.1 Å². The Morgan fingerprint density at radius 3 is 2.77 bits per heavy atom. The number of carbonyl (C=O) groups excluding carboxylic acids is 1. The number of rotatable bonds is 3. The summed E-state index contributed by atoms with van der Waals surface area (Å²) in [6.07, 6.45) is 1.82. The summed E-state index contributed by atoms with van der Waals surface area (Å²) in [5.41, 5.74) is 1.03. The molecule has 1 nitrogen and oxygen atoms in total. The summed E-state index contributed by atoms with van der Waals surface area (Å²) in [5.74, 6) is -0.232. The smallest absolute Gasteiger partial charge is 0.175 e. The predicted octanol–water partition coefficient (Wildman–Crippen LogP) is 2.68. The number of Topliss-reactive ketones (excluding diaryl/α,β-unsaturated/α-hetero) is 1. The van der Waals surface area contributed by atoms with E-state index in [4.69, 9.17) is 0 Å². The lowest BCUT2D eigenvalue weighted by atomic mass is 10.1. The molecular weight excluding hydrogens is 187 g/mol. The maximum atomic E-state index is 13.2. The molecule has 0 saturated carbocycles. The number of hydrogen-bond donors (Lipinski definition) is 0. The zero-order valence-corrected chi connectivity index (χ0v) is 8.45. The molecule has 0 aliphatic heterocycles. The van der Waals surface area contributed by atoms with Gasteiger partial charge in [0.15, 0.2) is 5.78 Å². The Morgan fingerprint density at radius 2 is 2.23 bits per heavy atom. The van der Waals surface area contributed by atoms with E-state index in [-0.39, 0.29) is 11.3 Å². The van der Waals surface area contributed by atoms with Crippen LogP contribution < -0.4 is 0 Å². The van der Waals surface area contributed by atoms with Gasteiger partial charge in [0.25, 0.3) is 0 Å². The number of hydrogen-bond acceptors (Lipinski definition) is 2. The quantitative estimate of drug-likeness (QED) is 0.694. The van der Waals surface area contributed by atoms with Crippen molar-refractivity contribution in [1.82, 2.24) is 0 Å². The van der Waals surface area contributed by atoms with Crippen LogP contribution in [0.4, 0.5) is 4.39 Å². The highest BCUT2D eigenvalue weighted by Gasteiger charge is 2.10. The van der Waals surface area contributed by atoms with Gasteiger partial charge in [-0.1, -0.05) is 6.07 Å². The fourth-order valence-corrected chi connectivity index (χ4v) is 1.47. The fourth-order valence-electron chi connectivity index (χ4n) is 1.06. The van der Waals surface area contributed by atoms with E-state index >= 15 is 0 Å². The van der Waals surface area contributed by atoms with Crippen LogP contribution in [-0.4, -0.2) is 17.8 Å². The van der Waals surface area contributed by atoms with Crippen molar-refractivity contribution in [1.29, 1.82) is 0 Å². The molecule has 3 heteroatoms. The molecule has 0 saturated heterocycles. The van der Waals surface area contributed by atoms with E-state index in [1.54, 1.807) is 19.1 Å². The minimum Gasteiger partial charge on any atom is -0.293 e. The maximum absolute atomic E-state index is 13.2. The predicted molar refractivity (Wildman–Crippen MR) is 53.8 cm³/mol. The molecule has 1 rings (SSSR count). The van der Waals surface area contributed by atoms with Gasteiger partial charge in [0.2, 0.25) is 0 Å². The van der Waals surface area contributed by atoms with Gasteiger partial charge < -0.3 is 0 Å². The molecule has 0 N–H and O–H groups in total. The third kappa shape index (κ3) is 2.56. The van der Waals surface area contributed by atoms with E-state index in [1.165, 1.54) is 17.8 Å². The summed E-state index contributed by atoms with van der Waals surface area (Å²) in [7, 11) is 0. The zero-order valence-electron chi connectivity index (χ0n) is 7.63. The second-order valence-electron chi connectivity index (χ2n) is 2.84. The first-order chi connectivity index (χ1) is 6.15. The van der Waals surface area contributed by atoms with Crippen molar-refractivity contribution in [2.24, 2.45) is 0 Å². The van der Waals surface area contributed by atoms with Crippen LogP contribution in [-0.2, 0) is 0 Å². The molecule has 0 radical (unpaired) electrons. The van der Waals surface area contributed by atoms with Gasteiger partial charge in [-0.3, -0.25) is 4.79 Å². The van der Waals surface area contributed by atoms with Crippen LogP contribution in [0.3, 0.4) is 0 Å². The molecule has 13 heavy (non-hydrogen) atoms. The largest absolute Gasteiger partial charge is 0.293 e. The van der Waals surface area contributed by atoms with Gasteiger partial charge in [0, 0.05) is 0 Å². The van der Waals surface area contributed by atoms with Crippen molar-refractivity contribution in [2.45, 2.75) is 6.92 Å². The van der Waals surface area contributed by atoms with Gasteiger partial charge in [-0.25, -0.2) is 4.39 Å². The second-order valence-corrected chi connectivity index (χ2v) is 3.71. The van der Waals surface area contributed by atoms with E-state index in [0.717, 1.165) is 5.56 Å². The number of carbonyl (C=O) groups is 1. The van der Waals surface area contributed by atoms with E-state index < -0.39 is 5.82 Å². The van der Waals surface area contributed by atoms with Gasteiger partial charge in [-0.2, -0.15) is 11.8 Å². The summed E-state index contributed by atoms with van der Waals surface area (Å²) >= 11 is 1.40. The van der Waals surface area contributed by atoms with Crippen molar-refractivity contribution in [3.8, 4) is 0 Å². The zero-order chi connectivity index (χ0) is 9.84. The average Bonchev–Trinajstić information content (AvgIpc) is 2.04. The number of thioether (sulfide) groups is 1. The molecule has 0 aliphatic rings. The van der Waals surface area contributed by atoms with Crippen LogP contribution in [0.5, 0.6) is 0 Å². The Hall–Kier alpha value is -0.830. The fraction of sp³-hybridized carbons (Fsp3) is 0.300. The van der Waals surface area contributed by atoms with Crippen LogP contribution in [0.25, 0.3) is 0 Å². The highest BCUT2D eigenvalue weighted by molar-refractivity contribution is 7.99. The third-order valence-electron chi connectivity index (χ3n) is 1.70. The Kier molecular flexibility index (Phi) is 3.48. The second kappa shape index (κ2) is 4.42. The van der Waals surface area contributed by atoms with Crippen LogP contribution in [0.15, 0.2) is 18.2 Å². The molecule has 0 aromatic heterocycles. The molecule has 1 aromatic rings. The van der Waals surface area contributed by atoms with Gasteiger partial charge >= 0.3 is 0 Å². The summed E-state index contributed by atoms with van der Waals surface area (Å²) in [5, 5.41) is 0. The molecule has 0 spiro atoms. The van der Waals surface area contributed by atoms with Gasteiger partial charge in [-0.05, 0) is 30.9 Å². The van der Waals surface area contributed by atoms with Gasteiger partial charge in [0.05, 0.1) is 11.3 Å². The molecule has 0 aliphatic carbocycles. The van der Waals surface area contributed by atoms with E-state index in [2.05, 4.69) is 0 Å².